The first kappa shape index (κ1) is 20.6. The van der Waals surface area contributed by atoms with Crippen LogP contribution in [0.1, 0.15) is 35.2 Å². The van der Waals surface area contributed by atoms with Crippen molar-refractivity contribution in [2.45, 2.75) is 31.9 Å². The van der Waals surface area contributed by atoms with Crippen molar-refractivity contribution < 1.29 is 19.0 Å². The van der Waals surface area contributed by atoms with Gasteiger partial charge in [-0.15, -0.1) is 0 Å². The molecule has 8 nitrogen and oxygen atoms in total. The van der Waals surface area contributed by atoms with Crippen molar-refractivity contribution >= 4 is 5.91 Å². The maximum atomic E-state index is 13.6. The van der Waals surface area contributed by atoms with Gasteiger partial charge in [0.15, 0.2) is 0 Å². The van der Waals surface area contributed by atoms with E-state index in [9.17, 15) is 14.3 Å². The number of carbonyl (C=O) groups is 1. The maximum Gasteiger partial charge on any atom is 0.256 e. The lowest BCUT2D eigenvalue weighted by Gasteiger charge is -2.49. The molecule has 2 aromatic heterocycles. The minimum atomic E-state index is -0.391. The minimum absolute atomic E-state index is 0.0677. The van der Waals surface area contributed by atoms with E-state index in [1.165, 1.54) is 16.9 Å². The Morgan fingerprint density at radius 1 is 1.19 bits per heavy atom. The smallest absolute Gasteiger partial charge is 0.256 e. The number of ether oxygens (including phenoxy) is 1. The molecule has 2 aliphatic heterocycles. The zero-order valence-corrected chi connectivity index (χ0v) is 17.5. The second-order valence-electron chi connectivity index (χ2n) is 8.40. The highest BCUT2D eigenvalue weighted by molar-refractivity contribution is 5.98. The van der Waals surface area contributed by atoms with Crippen LogP contribution in [0.3, 0.4) is 0 Å². The number of nitrogens with zero attached hydrogens (tertiary/aromatic N) is 5. The molecule has 0 radical (unpaired) electrons. The number of fused-ring (bicyclic) bond motifs is 3. The molecule has 32 heavy (non-hydrogen) atoms. The van der Waals surface area contributed by atoms with Crippen LogP contribution < -0.4 is 4.74 Å². The van der Waals surface area contributed by atoms with Crippen molar-refractivity contribution in [3.05, 3.63) is 65.9 Å². The van der Waals surface area contributed by atoms with E-state index in [-0.39, 0.29) is 18.6 Å². The van der Waals surface area contributed by atoms with E-state index in [0.717, 1.165) is 25.5 Å². The highest BCUT2D eigenvalue weighted by Crippen LogP contribution is 2.40. The molecule has 0 spiro atoms. The molecule has 2 bridgehead atoms. The lowest BCUT2D eigenvalue weighted by molar-refractivity contribution is -0.00475. The fourth-order valence-electron chi connectivity index (χ4n) is 4.84. The number of hydrogen-bond acceptors (Lipinski definition) is 6. The first-order chi connectivity index (χ1) is 15.6. The fourth-order valence-corrected chi connectivity index (χ4v) is 4.84. The number of aliphatic hydroxyl groups is 1. The predicted molar refractivity (Wildman–Crippen MR) is 113 cm³/mol. The third kappa shape index (κ3) is 3.95. The minimum Gasteiger partial charge on any atom is -0.477 e. The lowest BCUT2D eigenvalue weighted by Crippen LogP contribution is -2.55. The van der Waals surface area contributed by atoms with E-state index >= 15 is 0 Å². The van der Waals surface area contributed by atoms with E-state index in [0.29, 0.717) is 47.7 Å². The van der Waals surface area contributed by atoms with Crippen LogP contribution >= 0.6 is 0 Å². The van der Waals surface area contributed by atoms with Gasteiger partial charge >= 0.3 is 0 Å². The number of benzene rings is 1. The van der Waals surface area contributed by atoms with Crippen LogP contribution in [0.25, 0.3) is 5.69 Å². The molecular formula is C23H24FN5O3. The van der Waals surface area contributed by atoms with Gasteiger partial charge in [-0.25, -0.2) is 9.37 Å². The van der Waals surface area contributed by atoms with Crippen molar-refractivity contribution in [3.63, 3.8) is 0 Å². The van der Waals surface area contributed by atoms with Crippen LogP contribution in [0, 0.1) is 17.7 Å². The normalized spacial score (nSPS) is 22.2. The number of pyridine rings is 1. The summed E-state index contributed by atoms with van der Waals surface area (Å²) in [6.07, 6.45) is 7.14. The molecule has 1 amide bonds. The number of aliphatic hydroxyl groups excluding tert-OH is 1. The van der Waals surface area contributed by atoms with Gasteiger partial charge in [0.2, 0.25) is 5.88 Å². The van der Waals surface area contributed by atoms with Crippen LogP contribution in [0.5, 0.6) is 5.88 Å². The number of halogens is 1. The monoisotopic (exact) mass is 437 g/mol. The molecule has 1 aliphatic carbocycles. The van der Waals surface area contributed by atoms with Crippen LogP contribution in [-0.2, 0) is 6.61 Å². The number of piperidine rings is 2. The quantitative estimate of drug-likeness (QED) is 0.637. The van der Waals surface area contributed by atoms with E-state index in [1.54, 1.807) is 30.6 Å². The second-order valence-corrected chi connectivity index (χ2v) is 8.40. The van der Waals surface area contributed by atoms with E-state index < -0.39 is 5.82 Å². The number of aromatic nitrogens is 4. The number of rotatable bonds is 6. The summed E-state index contributed by atoms with van der Waals surface area (Å²) in [5, 5.41) is 17.9. The van der Waals surface area contributed by atoms with E-state index in [1.807, 2.05) is 4.90 Å². The zero-order chi connectivity index (χ0) is 22.1. The van der Waals surface area contributed by atoms with Gasteiger partial charge in [-0.05, 0) is 54.9 Å². The molecule has 3 atom stereocenters. The molecule has 3 fully saturated rings. The topological polar surface area (TPSA) is 93.4 Å². The number of hydrogen-bond donors (Lipinski definition) is 1. The maximum absolute atomic E-state index is 13.6. The summed E-state index contributed by atoms with van der Waals surface area (Å²) in [4.78, 5) is 20.9. The summed E-state index contributed by atoms with van der Waals surface area (Å²) in [6.45, 7) is 1.02. The van der Waals surface area contributed by atoms with Crippen molar-refractivity contribution in [2.24, 2.45) is 11.8 Å². The highest BCUT2D eigenvalue weighted by atomic mass is 19.1. The highest BCUT2D eigenvalue weighted by Gasteiger charge is 2.43. The van der Waals surface area contributed by atoms with Crippen LogP contribution in [0.2, 0.25) is 0 Å². The van der Waals surface area contributed by atoms with Crippen molar-refractivity contribution in [2.75, 3.05) is 13.2 Å². The fraction of sp³-hybridized carbons (Fsp3) is 0.391. The summed E-state index contributed by atoms with van der Waals surface area (Å²) < 4.78 is 18.9. The van der Waals surface area contributed by atoms with Gasteiger partial charge in [0.25, 0.3) is 5.91 Å². The molecule has 1 aromatic carbocycles. The van der Waals surface area contributed by atoms with Crippen molar-refractivity contribution in [1.29, 1.82) is 0 Å². The molecule has 4 heterocycles. The molecule has 3 aliphatic rings. The Morgan fingerprint density at radius 3 is 2.72 bits per heavy atom. The summed E-state index contributed by atoms with van der Waals surface area (Å²) in [7, 11) is 0. The summed E-state index contributed by atoms with van der Waals surface area (Å²) in [5.41, 5.74) is 1.76. The summed E-state index contributed by atoms with van der Waals surface area (Å²) >= 11 is 0. The van der Waals surface area contributed by atoms with E-state index in [4.69, 9.17) is 4.74 Å². The van der Waals surface area contributed by atoms with Gasteiger partial charge in [-0.3, -0.25) is 4.79 Å². The van der Waals surface area contributed by atoms with Gasteiger partial charge in [-0.1, -0.05) is 6.07 Å². The van der Waals surface area contributed by atoms with Crippen molar-refractivity contribution in [3.8, 4) is 11.6 Å². The second kappa shape index (κ2) is 8.66. The molecule has 1 saturated carbocycles. The van der Waals surface area contributed by atoms with Gasteiger partial charge < -0.3 is 14.7 Å². The Bertz CT molecular complexity index is 1090. The third-order valence-corrected chi connectivity index (χ3v) is 6.50. The van der Waals surface area contributed by atoms with Crippen LogP contribution in [0.15, 0.2) is 48.9 Å². The van der Waals surface area contributed by atoms with Crippen LogP contribution in [0.4, 0.5) is 4.39 Å². The molecule has 2 saturated heterocycles. The number of carbonyl (C=O) groups excluding carboxylic acids is 1. The first-order valence-electron chi connectivity index (χ1n) is 10.8. The lowest BCUT2D eigenvalue weighted by atomic mass is 9.72. The van der Waals surface area contributed by atoms with Gasteiger partial charge in [0.1, 0.15) is 5.82 Å². The van der Waals surface area contributed by atoms with Gasteiger partial charge in [0, 0.05) is 18.7 Å². The first-order valence-corrected chi connectivity index (χ1v) is 10.8. The Morgan fingerprint density at radius 2 is 2.03 bits per heavy atom. The SMILES string of the molecule is O=C(c1cc(CO)ccc1-n1nccn1)N1CC2CCC1CC2COc1ccc(F)cn1. The Kier molecular flexibility index (Phi) is 5.57. The molecule has 3 unspecified atom stereocenters. The Hall–Kier alpha value is -3.33. The van der Waals surface area contributed by atoms with Crippen molar-refractivity contribution in [1.82, 2.24) is 24.9 Å². The predicted octanol–water partition coefficient (Wildman–Crippen LogP) is 2.61. The van der Waals surface area contributed by atoms with Crippen LogP contribution in [-0.4, -0.2) is 55.1 Å². The van der Waals surface area contributed by atoms with Gasteiger partial charge in [0.05, 0.1) is 43.1 Å². The average molecular weight is 437 g/mol. The molecule has 9 heteroatoms. The average Bonchev–Trinajstić information content (AvgIpc) is 3.38. The Labute approximate surface area is 184 Å². The molecule has 3 aromatic rings. The third-order valence-electron chi connectivity index (χ3n) is 6.50. The molecule has 6 rings (SSSR count). The van der Waals surface area contributed by atoms with Gasteiger partial charge in [-0.2, -0.15) is 15.0 Å². The summed E-state index contributed by atoms with van der Waals surface area (Å²) in [5.74, 6) is 0.607. The Balaban J connectivity index is 1.32. The van der Waals surface area contributed by atoms with E-state index in [2.05, 4.69) is 15.2 Å². The standard InChI is InChI=1S/C23H24FN5O3/c24-18-3-6-22(25-11-18)32-14-17-10-19-4-2-16(17)12-28(19)23(31)20-9-15(13-30)1-5-21(20)29-26-7-8-27-29/h1,3,5-9,11,16-17,19,30H,2,4,10,12-14H2. The molecular weight excluding hydrogens is 413 g/mol. The molecule has 1 N–H and O–H groups in total. The summed E-state index contributed by atoms with van der Waals surface area (Å²) in [6, 6.07) is 8.26. The molecule has 166 valence electrons. The largest absolute Gasteiger partial charge is 0.477 e. The zero-order valence-electron chi connectivity index (χ0n) is 17.5. The number of amides is 1.